The number of hydrogen-bond donors (Lipinski definition) is 3. The maximum Gasteiger partial charge on any atom is 0.407 e. The smallest absolute Gasteiger partial charge is 0.407 e. The van der Waals surface area contributed by atoms with E-state index in [0.717, 1.165) is 28.5 Å². The van der Waals surface area contributed by atoms with Gasteiger partial charge in [0.05, 0.1) is 6.20 Å². The van der Waals surface area contributed by atoms with Crippen molar-refractivity contribution in [3.63, 3.8) is 0 Å². The molecule has 0 radical (unpaired) electrons. The van der Waals surface area contributed by atoms with Gasteiger partial charge in [0.1, 0.15) is 24.0 Å². The first kappa shape index (κ1) is 23.0. The fourth-order valence-electron chi connectivity index (χ4n) is 4.29. The van der Waals surface area contributed by atoms with Gasteiger partial charge in [-0.15, -0.1) is 0 Å². The summed E-state index contributed by atoms with van der Waals surface area (Å²) >= 11 is 0. The van der Waals surface area contributed by atoms with Crippen molar-refractivity contribution < 1.29 is 24.2 Å². The Bertz CT molecular complexity index is 1190. The lowest BCUT2D eigenvalue weighted by molar-refractivity contribution is -0.118. The summed E-state index contributed by atoms with van der Waals surface area (Å²) in [5.74, 6) is -1.79. The molecule has 3 aromatic rings. The first-order valence-electron chi connectivity index (χ1n) is 11.1. The molecule has 1 heterocycles. The molecule has 0 fully saturated rings. The zero-order valence-electron chi connectivity index (χ0n) is 18.9. The number of rotatable bonds is 8. The Morgan fingerprint density at radius 2 is 1.71 bits per heavy atom. The van der Waals surface area contributed by atoms with E-state index < -0.39 is 24.0 Å². The number of carbonyl (C=O) groups excluding carboxylic acids is 2. The Morgan fingerprint density at radius 3 is 2.29 bits per heavy atom. The Morgan fingerprint density at radius 1 is 1.09 bits per heavy atom. The molecule has 0 spiro atoms. The van der Waals surface area contributed by atoms with Crippen LogP contribution >= 0.6 is 0 Å². The molecular weight excluding hydrogens is 436 g/mol. The molecule has 4 rings (SSSR count). The number of benzene rings is 2. The highest BCUT2D eigenvalue weighted by atomic mass is 16.5. The van der Waals surface area contributed by atoms with E-state index in [1.54, 1.807) is 0 Å². The second-order valence-electron chi connectivity index (χ2n) is 8.14. The molecule has 0 saturated heterocycles. The number of carbonyl (C=O) groups is 3. The largest absolute Gasteiger partial charge is 0.477 e. The molecule has 0 bridgehead atoms. The standard InChI is InChI=1S/C25H26N4O5/c1-3-8-21(23(30)28-22-19(24(31)32)13-26-29(22)2)27-25(33)34-14-20-17-11-6-4-9-15(17)16-10-5-7-12-18(16)20/h4-7,9-13,20-21H,3,8,14H2,1-2H3,(H,27,33)(H,28,30)(H,31,32)/t21-/m0/s1. The Kier molecular flexibility index (Phi) is 6.62. The van der Waals surface area contributed by atoms with Crippen molar-refractivity contribution in [3.05, 3.63) is 71.4 Å². The van der Waals surface area contributed by atoms with E-state index in [9.17, 15) is 19.5 Å². The molecule has 1 aromatic heterocycles. The summed E-state index contributed by atoms with van der Waals surface area (Å²) in [5.41, 5.74) is 4.31. The van der Waals surface area contributed by atoms with Crippen LogP contribution in [0.3, 0.4) is 0 Å². The van der Waals surface area contributed by atoms with Crippen molar-refractivity contribution >= 4 is 23.8 Å². The van der Waals surface area contributed by atoms with Crippen LogP contribution in [0.5, 0.6) is 0 Å². The third-order valence-corrected chi connectivity index (χ3v) is 5.94. The number of carboxylic acid groups (broad SMARTS) is 1. The lowest BCUT2D eigenvalue weighted by Crippen LogP contribution is -2.44. The van der Waals surface area contributed by atoms with Crippen molar-refractivity contribution in [3.8, 4) is 11.1 Å². The number of nitrogens with zero attached hydrogens (tertiary/aromatic N) is 2. The fraction of sp³-hybridized carbons (Fsp3) is 0.280. The van der Waals surface area contributed by atoms with Crippen LogP contribution in [0.15, 0.2) is 54.7 Å². The zero-order valence-corrected chi connectivity index (χ0v) is 18.9. The third-order valence-electron chi connectivity index (χ3n) is 5.94. The average Bonchev–Trinajstić information content (AvgIpc) is 3.35. The molecule has 1 aliphatic rings. The highest BCUT2D eigenvalue weighted by Gasteiger charge is 2.30. The summed E-state index contributed by atoms with van der Waals surface area (Å²) in [7, 11) is 1.52. The van der Waals surface area contributed by atoms with Crippen molar-refractivity contribution in [2.24, 2.45) is 7.05 Å². The summed E-state index contributed by atoms with van der Waals surface area (Å²) in [5, 5.41) is 18.4. The average molecular weight is 463 g/mol. The fourth-order valence-corrected chi connectivity index (χ4v) is 4.29. The van der Waals surface area contributed by atoms with E-state index in [1.807, 2.05) is 43.3 Å². The first-order chi connectivity index (χ1) is 16.4. The molecule has 0 saturated carbocycles. The number of ether oxygens (including phenoxy) is 1. The van der Waals surface area contributed by atoms with E-state index >= 15 is 0 Å². The Hall–Kier alpha value is -4.14. The quantitative estimate of drug-likeness (QED) is 0.468. The summed E-state index contributed by atoms with van der Waals surface area (Å²) in [6.07, 6.45) is 1.43. The van der Waals surface area contributed by atoms with Gasteiger partial charge in [0.25, 0.3) is 0 Å². The van der Waals surface area contributed by atoms with Gasteiger partial charge in [0.15, 0.2) is 0 Å². The SMILES string of the molecule is CCC[C@H](NC(=O)OCC1c2ccccc2-c2ccccc21)C(=O)Nc1c(C(=O)O)cnn1C. The minimum absolute atomic E-state index is 0.0490. The van der Waals surface area contributed by atoms with Crippen LogP contribution in [-0.4, -0.2) is 45.5 Å². The van der Waals surface area contributed by atoms with Gasteiger partial charge < -0.3 is 20.5 Å². The number of nitrogens with one attached hydrogen (secondary N) is 2. The van der Waals surface area contributed by atoms with Crippen molar-refractivity contribution in [2.45, 2.75) is 31.7 Å². The highest BCUT2D eigenvalue weighted by Crippen LogP contribution is 2.44. The van der Waals surface area contributed by atoms with Crippen LogP contribution in [-0.2, 0) is 16.6 Å². The topological polar surface area (TPSA) is 123 Å². The molecule has 9 nitrogen and oxygen atoms in total. The first-order valence-corrected chi connectivity index (χ1v) is 11.1. The third kappa shape index (κ3) is 4.50. The van der Waals surface area contributed by atoms with Gasteiger partial charge in [-0.1, -0.05) is 61.9 Å². The molecule has 2 aromatic carbocycles. The molecule has 9 heteroatoms. The predicted molar refractivity (Wildman–Crippen MR) is 126 cm³/mol. The normalized spacial score (nSPS) is 13.0. The number of amides is 2. The molecule has 1 aliphatic carbocycles. The summed E-state index contributed by atoms with van der Waals surface area (Å²) in [6.45, 7) is 2.01. The van der Waals surface area contributed by atoms with E-state index in [-0.39, 0.29) is 23.9 Å². The minimum Gasteiger partial charge on any atom is -0.477 e. The monoisotopic (exact) mass is 462 g/mol. The lowest BCUT2D eigenvalue weighted by Gasteiger charge is -2.19. The summed E-state index contributed by atoms with van der Waals surface area (Å²) < 4.78 is 6.81. The molecule has 2 amide bonds. The molecule has 0 aliphatic heterocycles. The van der Waals surface area contributed by atoms with Gasteiger partial charge in [-0.05, 0) is 28.7 Å². The van der Waals surface area contributed by atoms with Gasteiger partial charge in [-0.2, -0.15) is 5.10 Å². The second-order valence-corrected chi connectivity index (χ2v) is 8.14. The number of aryl methyl sites for hydroxylation is 1. The van der Waals surface area contributed by atoms with Crippen LogP contribution in [0.25, 0.3) is 11.1 Å². The van der Waals surface area contributed by atoms with Crippen LogP contribution in [0.1, 0.15) is 47.2 Å². The predicted octanol–water partition coefficient (Wildman–Crippen LogP) is 3.76. The van der Waals surface area contributed by atoms with Crippen LogP contribution in [0, 0.1) is 0 Å². The van der Waals surface area contributed by atoms with E-state index in [2.05, 4.69) is 27.9 Å². The number of alkyl carbamates (subject to hydrolysis) is 1. The van der Waals surface area contributed by atoms with E-state index in [4.69, 9.17) is 4.74 Å². The number of carboxylic acids is 1. The maximum absolute atomic E-state index is 12.8. The number of aromatic carboxylic acids is 1. The van der Waals surface area contributed by atoms with Gasteiger partial charge in [-0.25, -0.2) is 9.59 Å². The molecule has 0 unspecified atom stereocenters. The number of fused-ring (bicyclic) bond motifs is 3. The maximum atomic E-state index is 12.8. The van der Waals surface area contributed by atoms with E-state index in [0.29, 0.717) is 12.8 Å². The number of aromatic nitrogens is 2. The van der Waals surface area contributed by atoms with Crippen LogP contribution < -0.4 is 10.6 Å². The van der Waals surface area contributed by atoms with Gasteiger partial charge in [0, 0.05) is 13.0 Å². The van der Waals surface area contributed by atoms with Crippen molar-refractivity contribution in [1.29, 1.82) is 0 Å². The van der Waals surface area contributed by atoms with E-state index in [1.165, 1.54) is 11.7 Å². The molecular formula is C25H26N4O5. The number of hydrogen-bond acceptors (Lipinski definition) is 5. The molecule has 1 atom stereocenters. The van der Waals surface area contributed by atoms with Gasteiger partial charge in [0.2, 0.25) is 5.91 Å². The second kappa shape index (κ2) is 9.78. The van der Waals surface area contributed by atoms with Crippen LogP contribution in [0.4, 0.5) is 10.6 Å². The van der Waals surface area contributed by atoms with Crippen molar-refractivity contribution in [2.75, 3.05) is 11.9 Å². The highest BCUT2D eigenvalue weighted by molar-refractivity contribution is 6.01. The van der Waals surface area contributed by atoms with Crippen LogP contribution in [0.2, 0.25) is 0 Å². The van der Waals surface area contributed by atoms with Gasteiger partial charge in [-0.3, -0.25) is 9.48 Å². The molecule has 3 N–H and O–H groups in total. The Balaban J connectivity index is 1.43. The zero-order chi connectivity index (χ0) is 24.2. The van der Waals surface area contributed by atoms with Crippen molar-refractivity contribution in [1.82, 2.24) is 15.1 Å². The summed E-state index contributed by atoms with van der Waals surface area (Å²) in [4.78, 5) is 36.9. The lowest BCUT2D eigenvalue weighted by atomic mass is 9.98. The summed E-state index contributed by atoms with van der Waals surface area (Å²) in [6, 6.07) is 15.2. The van der Waals surface area contributed by atoms with Gasteiger partial charge >= 0.3 is 12.1 Å². The Labute approximate surface area is 196 Å². The number of anilines is 1. The molecule has 176 valence electrons. The molecule has 34 heavy (non-hydrogen) atoms. The minimum atomic E-state index is -1.21.